The molecule has 1 N–H and O–H groups in total. The van der Waals surface area contributed by atoms with Crippen LogP contribution >= 0.6 is 0 Å². The summed E-state index contributed by atoms with van der Waals surface area (Å²) in [4.78, 5) is 4.71. The van der Waals surface area contributed by atoms with Gasteiger partial charge < -0.3 is 23.9 Å². The summed E-state index contributed by atoms with van der Waals surface area (Å²) in [6.45, 7) is 4.47. The highest BCUT2D eigenvalue weighted by molar-refractivity contribution is 5.96. The Bertz CT molecular complexity index is 1250. The van der Waals surface area contributed by atoms with Crippen molar-refractivity contribution >= 4 is 21.9 Å². The molecule has 0 radical (unpaired) electrons. The average Bonchev–Trinajstić information content (AvgIpc) is 3.53. The molecular weight excluding hydrogens is 400 g/mol. The standard InChI is InChI=1S/C26H32N4O2/c1-17(27-2)21-10-18(7-8-20(21)26-6-5-9-32-26)13-30-16-28-23-11-22-19(15-31-4)14-29(3)24(22)12-25(23)30/h7-8,10-12,14,16-17,26-27H,5-6,9,13,15H2,1-4H3. The third kappa shape index (κ3) is 3.72. The van der Waals surface area contributed by atoms with E-state index in [1.165, 1.54) is 33.2 Å². The number of imidazole rings is 1. The highest BCUT2D eigenvalue weighted by Crippen LogP contribution is 2.34. The molecule has 2 unspecified atom stereocenters. The van der Waals surface area contributed by atoms with Gasteiger partial charge in [0.05, 0.1) is 35.6 Å². The largest absolute Gasteiger partial charge is 0.380 e. The van der Waals surface area contributed by atoms with E-state index in [0.29, 0.717) is 6.61 Å². The lowest BCUT2D eigenvalue weighted by Gasteiger charge is -2.21. The number of rotatable bonds is 7. The number of nitrogens with one attached hydrogen (secondary N) is 1. The zero-order valence-electron chi connectivity index (χ0n) is 19.4. The smallest absolute Gasteiger partial charge is 0.0961 e. The fraction of sp³-hybridized carbons (Fsp3) is 0.423. The molecule has 5 rings (SSSR count). The minimum atomic E-state index is 0.218. The Morgan fingerprint density at radius 2 is 2.12 bits per heavy atom. The summed E-state index contributed by atoms with van der Waals surface area (Å²) in [5, 5.41) is 4.62. The molecule has 0 bridgehead atoms. The van der Waals surface area contributed by atoms with E-state index in [-0.39, 0.29) is 12.1 Å². The van der Waals surface area contributed by atoms with Gasteiger partial charge in [-0.1, -0.05) is 18.2 Å². The summed E-state index contributed by atoms with van der Waals surface area (Å²) in [5.41, 5.74) is 8.47. The van der Waals surface area contributed by atoms with Crippen LogP contribution in [0.5, 0.6) is 0 Å². The van der Waals surface area contributed by atoms with Gasteiger partial charge in [0.25, 0.3) is 0 Å². The van der Waals surface area contributed by atoms with Crippen LogP contribution in [0.1, 0.15) is 54.2 Å². The highest BCUT2D eigenvalue weighted by Gasteiger charge is 2.23. The molecule has 1 saturated heterocycles. The van der Waals surface area contributed by atoms with Gasteiger partial charge in [-0.25, -0.2) is 4.98 Å². The molecule has 6 nitrogen and oxygen atoms in total. The fourth-order valence-electron chi connectivity index (χ4n) is 4.98. The molecule has 0 aliphatic carbocycles. The Labute approximate surface area is 189 Å². The summed E-state index contributed by atoms with van der Waals surface area (Å²) < 4.78 is 15.8. The summed E-state index contributed by atoms with van der Waals surface area (Å²) in [6.07, 6.45) is 6.56. The molecular formula is C26H32N4O2. The second-order valence-electron chi connectivity index (χ2n) is 8.90. The topological polar surface area (TPSA) is 53.2 Å². The number of hydrogen-bond acceptors (Lipinski definition) is 4. The molecule has 4 aromatic rings. The van der Waals surface area contributed by atoms with Crippen LogP contribution in [0.25, 0.3) is 21.9 Å². The Morgan fingerprint density at radius 3 is 2.88 bits per heavy atom. The van der Waals surface area contributed by atoms with Crippen molar-refractivity contribution in [2.24, 2.45) is 7.05 Å². The van der Waals surface area contributed by atoms with E-state index in [1.807, 2.05) is 13.4 Å². The maximum Gasteiger partial charge on any atom is 0.0961 e. The summed E-state index contributed by atoms with van der Waals surface area (Å²) in [7, 11) is 5.84. The Kier molecular flexibility index (Phi) is 5.76. The molecule has 168 valence electrons. The van der Waals surface area contributed by atoms with Crippen LogP contribution < -0.4 is 5.32 Å². The Morgan fingerprint density at radius 1 is 1.25 bits per heavy atom. The predicted octanol–water partition coefficient (Wildman–Crippen LogP) is 4.85. The number of fused-ring (bicyclic) bond motifs is 2. The Balaban J connectivity index is 1.51. The summed E-state index contributed by atoms with van der Waals surface area (Å²) in [5.74, 6) is 0. The molecule has 32 heavy (non-hydrogen) atoms. The zero-order valence-corrected chi connectivity index (χ0v) is 19.4. The highest BCUT2D eigenvalue weighted by atomic mass is 16.5. The van der Waals surface area contributed by atoms with Gasteiger partial charge >= 0.3 is 0 Å². The number of aromatic nitrogens is 3. The lowest BCUT2D eigenvalue weighted by Crippen LogP contribution is -2.16. The number of nitrogens with zero attached hydrogens (tertiary/aromatic N) is 3. The van der Waals surface area contributed by atoms with E-state index in [2.05, 4.69) is 65.0 Å². The monoisotopic (exact) mass is 432 g/mol. The molecule has 2 aromatic heterocycles. The predicted molar refractivity (Wildman–Crippen MR) is 128 cm³/mol. The second-order valence-corrected chi connectivity index (χ2v) is 8.90. The van der Waals surface area contributed by atoms with Crippen molar-refractivity contribution in [1.29, 1.82) is 0 Å². The molecule has 3 heterocycles. The number of ether oxygens (including phenoxy) is 2. The third-order valence-corrected chi connectivity index (χ3v) is 6.79. The van der Waals surface area contributed by atoms with Gasteiger partial charge in [0.15, 0.2) is 0 Å². The number of hydrogen-bond donors (Lipinski definition) is 1. The van der Waals surface area contributed by atoms with Crippen LogP contribution in [0.4, 0.5) is 0 Å². The van der Waals surface area contributed by atoms with Gasteiger partial charge in [-0.15, -0.1) is 0 Å². The molecule has 1 aliphatic rings. The van der Waals surface area contributed by atoms with Gasteiger partial charge in [-0.3, -0.25) is 0 Å². The van der Waals surface area contributed by atoms with Gasteiger partial charge in [0.2, 0.25) is 0 Å². The summed E-state index contributed by atoms with van der Waals surface area (Å²) in [6, 6.07) is 11.5. The van der Waals surface area contributed by atoms with Crippen LogP contribution in [0.2, 0.25) is 0 Å². The maximum absolute atomic E-state index is 5.99. The van der Waals surface area contributed by atoms with Crippen LogP contribution in [-0.4, -0.2) is 34.9 Å². The molecule has 1 fully saturated rings. The van der Waals surface area contributed by atoms with E-state index < -0.39 is 0 Å². The van der Waals surface area contributed by atoms with Crippen LogP contribution in [0.15, 0.2) is 42.9 Å². The fourth-order valence-corrected chi connectivity index (χ4v) is 4.98. The van der Waals surface area contributed by atoms with Crippen molar-refractivity contribution in [2.45, 2.75) is 45.1 Å². The van der Waals surface area contributed by atoms with Gasteiger partial charge in [0, 0.05) is 50.5 Å². The molecule has 6 heteroatoms. The molecule has 0 saturated carbocycles. The Hall–Kier alpha value is -2.67. The molecule has 1 aliphatic heterocycles. The number of aryl methyl sites for hydroxylation is 1. The van der Waals surface area contributed by atoms with Gasteiger partial charge in [0.1, 0.15) is 0 Å². The number of methoxy groups -OCH3 is 1. The second kappa shape index (κ2) is 8.70. The first kappa shape index (κ1) is 21.2. The van der Waals surface area contributed by atoms with Gasteiger partial charge in [-0.05, 0) is 55.6 Å². The van der Waals surface area contributed by atoms with Crippen molar-refractivity contribution in [3.8, 4) is 0 Å². The third-order valence-electron chi connectivity index (χ3n) is 6.79. The van der Waals surface area contributed by atoms with E-state index in [1.54, 1.807) is 7.11 Å². The van der Waals surface area contributed by atoms with E-state index in [9.17, 15) is 0 Å². The lowest BCUT2D eigenvalue weighted by molar-refractivity contribution is 0.111. The van der Waals surface area contributed by atoms with E-state index in [0.717, 1.165) is 37.0 Å². The van der Waals surface area contributed by atoms with Crippen molar-refractivity contribution in [3.63, 3.8) is 0 Å². The SMILES string of the molecule is CNC(C)c1cc(Cn2cnc3cc4c(COC)cn(C)c4cc32)ccc1C1CCCO1. The quantitative estimate of drug-likeness (QED) is 0.453. The minimum absolute atomic E-state index is 0.218. The minimum Gasteiger partial charge on any atom is -0.380 e. The van der Waals surface area contributed by atoms with E-state index >= 15 is 0 Å². The maximum atomic E-state index is 5.99. The van der Waals surface area contributed by atoms with Crippen LogP contribution in [0.3, 0.4) is 0 Å². The molecule has 2 aromatic carbocycles. The molecule has 2 atom stereocenters. The average molecular weight is 433 g/mol. The van der Waals surface area contributed by atoms with Crippen LogP contribution in [0, 0.1) is 0 Å². The van der Waals surface area contributed by atoms with Gasteiger partial charge in [-0.2, -0.15) is 0 Å². The molecule has 0 spiro atoms. The van der Waals surface area contributed by atoms with E-state index in [4.69, 9.17) is 14.5 Å². The first-order chi connectivity index (χ1) is 15.6. The van der Waals surface area contributed by atoms with Crippen molar-refractivity contribution in [1.82, 2.24) is 19.4 Å². The first-order valence-corrected chi connectivity index (χ1v) is 11.4. The zero-order chi connectivity index (χ0) is 22.2. The summed E-state index contributed by atoms with van der Waals surface area (Å²) >= 11 is 0. The first-order valence-electron chi connectivity index (χ1n) is 11.4. The molecule has 0 amide bonds. The normalized spacial score (nSPS) is 17.6. The lowest BCUT2D eigenvalue weighted by atomic mass is 9.94. The number of benzene rings is 2. The van der Waals surface area contributed by atoms with Crippen LogP contribution in [-0.2, 0) is 29.7 Å². The van der Waals surface area contributed by atoms with Crippen molar-refractivity contribution in [2.75, 3.05) is 20.8 Å². The van der Waals surface area contributed by atoms with Crippen molar-refractivity contribution in [3.05, 3.63) is 65.1 Å². The van der Waals surface area contributed by atoms with Crippen molar-refractivity contribution < 1.29 is 9.47 Å².